The molecular weight excluding hydrogens is 326 g/mol. The molecule has 8 heteroatoms. The molecule has 1 saturated heterocycles. The van der Waals surface area contributed by atoms with Crippen LogP contribution in [-0.4, -0.2) is 68.6 Å². The van der Waals surface area contributed by atoms with E-state index in [4.69, 9.17) is 4.74 Å². The molecule has 1 saturated carbocycles. The predicted molar refractivity (Wildman–Crippen MR) is 94.2 cm³/mol. The van der Waals surface area contributed by atoms with Crippen LogP contribution >= 0.6 is 0 Å². The fourth-order valence-corrected chi connectivity index (χ4v) is 4.97. The lowest BCUT2D eigenvalue weighted by Gasteiger charge is -2.42. The molecule has 2 fully saturated rings. The summed E-state index contributed by atoms with van der Waals surface area (Å²) in [6, 6.07) is 2.48. The molecule has 0 bridgehead atoms. The normalized spacial score (nSPS) is 26.2. The number of nitrogens with zero attached hydrogens (tertiary/aromatic N) is 4. The Bertz CT molecular complexity index is 724. The summed E-state index contributed by atoms with van der Waals surface area (Å²) >= 11 is 0. The smallest absolute Gasteiger partial charge is 0.142 e. The maximum Gasteiger partial charge on any atom is 0.142 e. The van der Waals surface area contributed by atoms with Crippen molar-refractivity contribution in [3.63, 3.8) is 0 Å². The zero-order valence-corrected chi connectivity index (χ0v) is 14.7. The van der Waals surface area contributed by atoms with Crippen LogP contribution in [0.3, 0.4) is 0 Å². The van der Waals surface area contributed by atoms with Crippen molar-refractivity contribution >= 4 is 27.8 Å². The van der Waals surface area contributed by atoms with Crippen molar-refractivity contribution in [3.05, 3.63) is 18.6 Å². The minimum atomic E-state index is -0.869. The standard InChI is InChI=1S/C16H23N5O2S/c1-20(16-14-2-3-17-15(14)18-11-19-16)13-8-12(9-13)10-24(22)21-4-6-23-7-5-21/h2-3,11-13H,4-10H2,1H3,(H,17,18,19). The molecule has 2 aromatic heterocycles. The molecular formula is C16H23N5O2S. The lowest BCUT2D eigenvalue weighted by atomic mass is 9.81. The molecule has 2 aromatic rings. The zero-order valence-electron chi connectivity index (χ0n) is 13.9. The van der Waals surface area contributed by atoms with Gasteiger partial charge in [0.05, 0.1) is 29.6 Å². The number of hydrogen-bond donors (Lipinski definition) is 1. The first-order chi connectivity index (χ1) is 11.7. The largest absolute Gasteiger partial charge is 0.379 e. The van der Waals surface area contributed by atoms with E-state index in [-0.39, 0.29) is 0 Å². The second-order valence-electron chi connectivity index (χ2n) is 6.57. The maximum atomic E-state index is 12.4. The lowest BCUT2D eigenvalue weighted by molar-refractivity contribution is 0.0749. The van der Waals surface area contributed by atoms with E-state index in [9.17, 15) is 4.21 Å². The number of H-pyrrole nitrogens is 1. The molecule has 1 atom stereocenters. The van der Waals surface area contributed by atoms with Crippen molar-refractivity contribution in [2.24, 2.45) is 5.92 Å². The minimum absolute atomic E-state index is 0.463. The molecule has 2 aliphatic rings. The van der Waals surface area contributed by atoms with Crippen LogP contribution in [0.25, 0.3) is 11.0 Å². The number of aromatic nitrogens is 3. The van der Waals surface area contributed by atoms with Gasteiger partial charge in [0, 0.05) is 38.1 Å². The van der Waals surface area contributed by atoms with Crippen molar-refractivity contribution < 1.29 is 8.95 Å². The van der Waals surface area contributed by atoms with Crippen LogP contribution < -0.4 is 4.90 Å². The molecule has 4 rings (SSSR count). The monoisotopic (exact) mass is 349 g/mol. The Kier molecular flexibility index (Phi) is 4.51. The van der Waals surface area contributed by atoms with Gasteiger partial charge in [0.2, 0.25) is 0 Å². The van der Waals surface area contributed by atoms with Crippen molar-refractivity contribution in [1.82, 2.24) is 19.3 Å². The number of hydrogen-bond acceptors (Lipinski definition) is 5. The minimum Gasteiger partial charge on any atom is -0.379 e. The van der Waals surface area contributed by atoms with Gasteiger partial charge in [0.15, 0.2) is 0 Å². The summed E-state index contributed by atoms with van der Waals surface area (Å²) < 4.78 is 19.8. The number of rotatable bonds is 5. The van der Waals surface area contributed by atoms with E-state index >= 15 is 0 Å². The van der Waals surface area contributed by atoms with Crippen LogP contribution in [0.15, 0.2) is 18.6 Å². The van der Waals surface area contributed by atoms with E-state index in [0.29, 0.717) is 25.2 Å². The van der Waals surface area contributed by atoms with Crippen LogP contribution in [0.4, 0.5) is 5.82 Å². The molecule has 1 N–H and O–H groups in total. The van der Waals surface area contributed by atoms with Gasteiger partial charge in [-0.25, -0.2) is 18.5 Å². The molecule has 3 heterocycles. The molecule has 7 nitrogen and oxygen atoms in total. The van der Waals surface area contributed by atoms with Gasteiger partial charge in [-0.05, 0) is 24.8 Å². The lowest BCUT2D eigenvalue weighted by Crippen LogP contribution is -2.47. The van der Waals surface area contributed by atoms with Gasteiger partial charge in [-0.1, -0.05) is 0 Å². The van der Waals surface area contributed by atoms with Gasteiger partial charge in [0.1, 0.15) is 17.8 Å². The topological polar surface area (TPSA) is 74.4 Å². The number of anilines is 1. The number of morpholine rings is 1. The maximum absolute atomic E-state index is 12.4. The summed E-state index contributed by atoms with van der Waals surface area (Å²) in [4.78, 5) is 14.1. The van der Waals surface area contributed by atoms with Gasteiger partial charge in [0.25, 0.3) is 0 Å². The fourth-order valence-electron chi connectivity index (χ4n) is 3.52. The second kappa shape index (κ2) is 6.78. The van der Waals surface area contributed by atoms with Crippen LogP contribution in [0.2, 0.25) is 0 Å². The fraction of sp³-hybridized carbons (Fsp3) is 0.625. The average molecular weight is 349 g/mol. The highest BCUT2D eigenvalue weighted by molar-refractivity contribution is 7.82. The van der Waals surface area contributed by atoms with Crippen molar-refractivity contribution in [1.29, 1.82) is 0 Å². The zero-order chi connectivity index (χ0) is 16.5. The van der Waals surface area contributed by atoms with E-state index in [1.807, 2.05) is 16.6 Å². The summed E-state index contributed by atoms with van der Waals surface area (Å²) in [5.74, 6) is 2.27. The third-order valence-electron chi connectivity index (χ3n) is 5.06. The number of aromatic amines is 1. The van der Waals surface area contributed by atoms with E-state index in [1.54, 1.807) is 6.33 Å². The van der Waals surface area contributed by atoms with Gasteiger partial charge < -0.3 is 14.6 Å². The molecule has 130 valence electrons. The highest BCUT2D eigenvalue weighted by Crippen LogP contribution is 2.35. The Morgan fingerprint density at radius 1 is 1.38 bits per heavy atom. The third kappa shape index (κ3) is 3.05. The van der Waals surface area contributed by atoms with Gasteiger partial charge in [-0.2, -0.15) is 0 Å². The highest BCUT2D eigenvalue weighted by atomic mass is 32.2. The molecule has 0 aromatic carbocycles. The van der Waals surface area contributed by atoms with Crippen LogP contribution in [0.1, 0.15) is 12.8 Å². The van der Waals surface area contributed by atoms with Crippen molar-refractivity contribution in [2.75, 3.05) is 44.0 Å². The van der Waals surface area contributed by atoms with E-state index < -0.39 is 11.0 Å². The van der Waals surface area contributed by atoms with E-state index in [0.717, 1.165) is 48.5 Å². The Balaban J connectivity index is 1.33. The summed E-state index contributed by atoms with van der Waals surface area (Å²) in [6.45, 7) is 2.97. The summed E-state index contributed by atoms with van der Waals surface area (Å²) in [7, 11) is 1.22. The highest BCUT2D eigenvalue weighted by Gasteiger charge is 2.35. The molecule has 0 radical (unpaired) electrons. The Morgan fingerprint density at radius 2 is 2.17 bits per heavy atom. The van der Waals surface area contributed by atoms with Crippen molar-refractivity contribution in [3.8, 4) is 0 Å². The predicted octanol–water partition coefficient (Wildman–Crippen LogP) is 1.17. The van der Waals surface area contributed by atoms with Gasteiger partial charge in [-0.3, -0.25) is 0 Å². The first-order valence-electron chi connectivity index (χ1n) is 8.44. The summed E-state index contributed by atoms with van der Waals surface area (Å²) in [5, 5.41) is 1.06. The number of ether oxygens (including phenoxy) is 1. The third-order valence-corrected chi connectivity index (χ3v) is 6.76. The summed E-state index contributed by atoms with van der Waals surface area (Å²) in [5.41, 5.74) is 0.871. The Morgan fingerprint density at radius 3 is 2.96 bits per heavy atom. The van der Waals surface area contributed by atoms with Gasteiger partial charge in [-0.15, -0.1) is 0 Å². The first kappa shape index (κ1) is 16.0. The molecule has 1 unspecified atom stereocenters. The molecule has 0 spiro atoms. The molecule has 0 amide bonds. The number of nitrogens with one attached hydrogen (secondary N) is 1. The van der Waals surface area contributed by atoms with Crippen LogP contribution in [-0.2, 0) is 15.7 Å². The Labute approximate surface area is 144 Å². The quantitative estimate of drug-likeness (QED) is 0.877. The molecule has 1 aliphatic carbocycles. The Hall–Kier alpha value is -1.51. The van der Waals surface area contributed by atoms with E-state index in [1.165, 1.54) is 0 Å². The number of fused-ring (bicyclic) bond motifs is 1. The summed E-state index contributed by atoms with van der Waals surface area (Å²) in [6.07, 6.45) is 5.64. The van der Waals surface area contributed by atoms with E-state index in [2.05, 4.69) is 26.9 Å². The first-order valence-corrected chi connectivity index (χ1v) is 9.72. The molecule has 24 heavy (non-hydrogen) atoms. The average Bonchev–Trinajstić information content (AvgIpc) is 3.06. The molecule has 1 aliphatic heterocycles. The SMILES string of the molecule is CN(c1ncnc2[nH]ccc12)C1CC(CS(=O)N2CCOCC2)C1. The van der Waals surface area contributed by atoms with Crippen LogP contribution in [0.5, 0.6) is 0 Å². The van der Waals surface area contributed by atoms with Gasteiger partial charge >= 0.3 is 0 Å². The second-order valence-corrected chi connectivity index (χ2v) is 8.06. The van der Waals surface area contributed by atoms with Crippen LogP contribution in [0, 0.1) is 5.92 Å². The van der Waals surface area contributed by atoms with Crippen molar-refractivity contribution in [2.45, 2.75) is 18.9 Å².